The second-order valence-electron chi connectivity index (χ2n) is 4.76. The van der Waals surface area contributed by atoms with Crippen LogP contribution in [0.25, 0.3) is 0 Å². The van der Waals surface area contributed by atoms with Gasteiger partial charge in [0.05, 0.1) is 11.8 Å². The zero-order chi connectivity index (χ0) is 12.0. The van der Waals surface area contributed by atoms with E-state index in [0.29, 0.717) is 5.92 Å². The molecule has 4 heteroatoms. The predicted molar refractivity (Wildman–Crippen MR) is 73.7 cm³/mol. The summed E-state index contributed by atoms with van der Waals surface area (Å²) >= 11 is 2.06. The maximum absolute atomic E-state index is 11.5. The Balaban J connectivity index is 2.09. The van der Waals surface area contributed by atoms with Gasteiger partial charge in [-0.15, -0.1) is 0 Å². The SMILES string of the molecule is O=[N+]([O-])[C@]1(I)[C@@H]2C=C[C@@H](C2)[C@H]1c1ccccc1. The molecule has 0 spiro atoms. The molecular weight excluding hydrogens is 329 g/mol. The minimum atomic E-state index is -0.863. The highest BCUT2D eigenvalue weighted by Gasteiger charge is 2.64. The second-order valence-corrected chi connectivity index (χ2v) is 6.49. The molecule has 0 N–H and O–H groups in total. The summed E-state index contributed by atoms with van der Waals surface area (Å²) < 4.78 is -0.863. The molecule has 1 fully saturated rings. The molecule has 17 heavy (non-hydrogen) atoms. The van der Waals surface area contributed by atoms with Crippen LogP contribution in [0.4, 0.5) is 0 Å². The summed E-state index contributed by atoms with van der Waals surface area (Å²) in [4.78, 5) is 11.4. The van der Waals surface area contributed by atoms with Crippen molar-refractivity contribution in [3.63, 3.8) is 0 Å². The van der Waals surface area contributed by atoms with Crippen molar-refractivity contribution in [3.8, 4) is 0 Å². The van der Waals surface area contributed by atoms with Crippen LogP contribution in [0, 0.1) is 22.0 Å². The molecule has 4 atom stereocenters. The van der Waals surface area contributed by atoms with E-state index < -0.39 is 3.55 Å². The van der Waals surface area contributed by atoms with Gasteiger partial charge in [0.25, 0.3) is 3.55 Å². The van der Waals surface area contributed by atoms with Gasteiger partial charge in [-0.1, -0.05) is 42.5 Å². The highest BCUT2D eigenvalue weighted by atomic mass is 127. The normalized spacial score (nSPS) is 38.5. The number of alkyl halides is 1. The Hall–Kier alpha value is -0.910. The number of nitrogens with zero attached hydrogens (tertiary/aromatic N) is 1. The summed E-state index contributed by atoms with van der Waals surface area (Å²) in [5.74, 6) is 0.410. The van der Waals surface area contributed by atoms with Crippen LogP contribution in [-0.4, -0.2) is 8.47 Å². The first-order valence-electron chi connectivity index (χ1n) is 5.70. The van der Waals surface area contributed by atoms with E-state index in [0.717, 1.165) is 12.0 Å². The first-order chi connectivity index (χ1) is 8.14. The van der Waals surface area contributed by atoms with Crippen molar-refractivity contribution in [2.75, 3.05) is 0 Å². The second kappa shape index (κ2) is 3.80. The van der Waals surface area contributed by atoms with Gasteiger partial charge in [-0.25, -0.2) is 0 Å². The van der Waals surface area contributed by atoms with E-state index in [1.807, 2.05) is 36.4 Å². The molecule has 88 valence electrons. The van der Waals surface area contributed by atoms with Gasteiger partial charge in [0.15, 0.2) is 0 Å². The van der Waals surface area contributed by atoms with Gasteiger partial charge < -0.3 is 0 Å². The molecule has 1 aromatic rings. The van der Waals surface area contributed by atoms with E-state index in [2.05, 4.69) is 28.7 Å². The van der Waals surface area contributed by atoms with E-state index in [1.165, 1.54) is 0 Å². The number of fused-ring (bicyclic) bond motifs is 2. The number of hydrogen-bond donors (Lipinski definition) is 0. The highest BCUT2D eigenvalue weighted by Crippen LogP contribution is 2.59. The van der Waals surface area contributed by atoms with Crippen LogP contribution in [0.2, 0.25) is 0 Å². The number of nitro groups is 1. The molecule has 2 aliphatic carbocycles. The minimum absolute atomic E-state index is 0.00861. The molecule has 2 aliphatic rings. The van der Waals surface area contributed by atoms with Crippen molar-refractivity contribution in [1.82, 2.24) is 0 Å². The summed E-state index contributed by atoms with van der Waals surface area (Å²) in [5.41, 5.74) is 1.09. The van der Waals surface area contributed by atoms with E-state index in [1.54, 1.807) is 0 Å². The van der Waals surface area contributed by atoms with Crippen LogP contribution in [0.15, 0.2) is 42.5 Å². The lowest BCUT2D eigenvalue weighted by Crippen LogP contribution is -2.41. The smallest absolute Gasteiger partial charge is 0.263 e. The van der Waals surface area contributed by atoms with Crippen molar-refractivity contribution in [1.29, 1.82) is 0 Å². The van der Waals surface area contributed by atoms with Crippen LogP contribution >= 0.6 is 22.6 Å². The standard InChI is InChI=1S/C13H12INO2/c14-13(15(16)17)11-7-6-10(8-11)12(13)9-4-2-1-3-5-9/h1-7,10-12H,8H2/t10-,11+,12+,13+/m0/s1. The third kappa shape index (κ3) is 1.46. The Labute approximate surface area is 113 Å². The third-order valence-electron chi connectivity index (χ3n) is 3.94. The van der Waals surface area contributed by atoms with Gasteiger partial charge in [-0.2, -0.15) is 0 Å². The monoisotopic (exact) mass is 341 g/mol. The Morgan fingerprint density at radius 3 is 2.65 bits per heavy atom. The van der Waals surface area contributed by atoms with Crippen molar-refractivity contribution >= 4 is 22.6 Å². The number of allylic oxidation sites excluding steroid dienone is 1. The van der Waals surface area contributed by atoms with Gasteiger partial charge >= 0.3 is 0 Å². The Kier molecular flexibility index (Phi) is 2.50. The fourth-order valence-electron chi connectivity index (χ4n) is 3.20. The molecule has 0 unspecified atom stereocenters. The van der Waals surface area contributed by atoms with E-state index in [4.69, 9.17) is 0 Å². The summed E-state index contributed by atoms with van der Waals surface area (Å²) in [5, 5.41) is 11.5. The summed E-state index contributed by atoms with van der Waals surface area (Å²) in [7, 11) is 0. The Morgan fingerprint density at radius 2 is 2.00 bits per heavy atom. The highest BCUT2D eigenvalue weighted by molar-refractivity contribution is 14.1. The molecule has 0 heterocycles. The van der Waals surface area contributed by atoms with E-state index in [-0.39, 0.29) is 16.8 Å². The molecule has 3 nitrogen and oxygen atoms in total. The number of halogens is 1. The fraction of sp³-hybridized carbons (Fsp3) is 0.385. The number of hydrogen-bond acceptors (Lipinski definition) is 2. The van der Waals surface area contributed by atoms with Gasteiger partial charge in [0.1, 0.15) is 0 Å². The summed E-state index contributed by atoms with van der Waals surface area (Å²) in [6.07, 6.45) is 5.10. The lowest BCUT2D eigenvalue weighted by Gasteiger charge is -2.29. The van der Waals surface area contributed by atoms with Crippen molar-refractivity contribution in [2.45, 2.75) is 15.9 Å². The van der Waals surface area contributed by atoms with Crippen molar-refractivity contribution in [3.05, 3.63) is 58.2 Å². The zero-order valence-corrected chi connectivity index (χ0v) is 11.3. The Morgan fingerprint density at radius 1 is 1.29 bits per heavy atom. The van der Waals surface area contributed by atoms with Crippen LogP contribution < -0.4 is 0 Å². The van der Waals surface area contributed by atoms with Gasteiger partial charge in [0, 0.05) is 27.5 Å². The fourth-order valence-corrected chi connectivity index (χ4v) is 4.48. The average molecular weight is 341 g/mol. The largest absolute Gasteiger partial charge is 0.282 e. The lowest BCUT2D eigenvalue weighted by atomic mass is 9.83. The van der Waals surface area contributed by atoms with Gasteiger partial charge in [-0.05, 0) is 17.9 Å². The summed E-state index contributed by atoms with van der Waals surface area (Å²) in [6, 6.07) is 9.89. The molecule has 0 aromatic heterocycles. The lowest BCUT2D eigenvalue weighted by molar-refractivity contribution is -0.539. The summed E-state index contributed by atoms with van der Waals surface area (Å²) in [6.45, 7) is 0. The van der Waals surface area contributed by atoms with Gasteiger partial charge in [-0.3, -0.25) is 10.1 Å². The number of rotatable bonds is 2. The average Bonchev–Trinajstić information content (AvgIpc) is 2.89. The van der Waals surface area contributed by atoms with E-state index >= 15 is 0 Å². The molecule has 1 aromatic carbocycles. The molecule has 0 amide bonds. The molecule has 0 aliphatic heterocycles. The van der Waals surface area contributed by atoms with Crippen LogP contribution in [0.3, 0.4) is 0 Å². The molecule has 2 bridgehead atoms. The topological polar surface area (TPSA) is 43.1 Å². The zero-order valence-electron chi connectivity index (χ0n) is 9.12. The first kappa shape index (κ1) is 11.2. The maximum Gasteiger partial charge on any atom is 0.282 e. The third-order valence-corrected chi connectivity index (χ3v) is 5.80. The minimum Gasteiger partial charge on any atom is -0.263 e. The first-order valence-corrected chi connectivity index (χ1v) is 6.78. The molecule has 0 radical (unpaired) electrons. The van der Waals surface area contributed by atoms with E-state index in [9.17, 15) is 10.1 Å². The van der Waals surface area contributed by atoms with Crippen LogP contribution in [-0.2, 0) is 0 Å². The van der Waals surface area contributed by atoms with Crippen molar-refractivity contribution < 1.29 is 4.92 Å². The van der Waals surface area contributed by atoms with Gasteiger partial charge in [0.2, 0.25) is 0 Å². The van der Waals surface area contributed by atoms with Crippen LogP contribution in [0.1, 0.15) is 17.9 Å². The molecular formula is C13H12INO2. The quantitative estimate of drug-likeness (QED) is 0.207. The van der Waals surface area contributed by atoms with Crippen LogP contribution in [0.5, 0.6) is 0 Å². The Bertz CT molecular complexity index is 487. The molecule has 1 saturated carbocycles. The molecule has 0 saturated heterocycles. The van der Waals surface area contributed by atoms with Crippen molar-refractivity contribution in [2.24, 2.45) is 11.8 Å². The number of benzene rings is 1. The predicted octanol–water partition coefficient (Wildman–Crippen LogP) is 3.38. The maximum atomic E-state index is 11.5. The molecule has 3 rings (SSSR count).